The Bertz CT molecular complexity index is 939. The summed E-state index contributed by atoms with van der Waals surface area (Å²) in [5.74, 6) is -0.659. The van der Waals surface area contributed by atoms with Gasteiger partial charge in [0.1, 0.15) is 0 Å². The lowest BCUT2D eigenvalue weighted by Crippen LogP contribution is -2.45. The molecule has 1 aliphatic heterocycles. The maximum atomic E-state index is 11.5. The predicted octanol–water partition coefficient (Wildman–Crippen LogP) is 1.96. The molecule has 1 aliphatic rings. The molecule has 0 radical (unpaired) electrons. The van der Waals surface area contributed by atoms with Gasteiger partial charge in [-0.3, -0.25) is 9.69 Å². The van der Waals surface area contributed by atoms with Crippen molar-refractivity contribution >= 4 is 5.91 Å². The van der Waals surface area contributed by atoms with Gasteiger partial charge in [-0.25, -0.2) is 4.68 Å². The molecule has 1 aromatic heterocycles. The number of amides is 1. The number of benzene rings is 2. The predicted molar refractivity (Wildman–Crippen MR) is 103 cm³/mol. The molecule has 6 nitrogen and oxygen atoms in total. The normalized spacial score (nSPS) is 20.0. The molecule has 2 heterocycles. The fourth-order valence-corrected chi connectivity index (χ4v) is 3.53. The molecular formula is C21H22N4O2. The zero-order chi connectivity index (χ0) is 18.9. The van der Waals surface area contributed by atoms with Crippen molar-refractivity contribution in [2.45, 2.75) is 18.6 Å². The largest absolute Gasteiger partial charge is 0.379 e. The summed E-state index contributed by atoms with van der Waals surface area (Å²) in [6.45, 7) is 1.45. The van der Waals surface area contributed by atoms with Gasteiger partial charge in [0.2, 0.25) is 0 Å². The number of rotatable bonds is 5. The van der Waals surface area contributed by atoms with Crippen LogP contribution in [-0.4, -0.2) is 44.4 Å². The second-order valence-corrected chi connectivity index (χ2v) is 7.01. The summed E-state index contributed by atoms with van der Waals surface area (Å²) >= 11 is 0. The summed E-state index contributed by atoms with van der Waals surface area (Å²) in [5, 5.41) is 15.1. The Morgan fingerprint density at radius 2 is 1.78 bits per heavy atom. The molecule has 1 atom stereocenters. The first-order chi connectivity index (χ1) is 13.0. The number of carbonyl (C=O) groups is 1. The van der Waals surface area contributed by atoms with Gasteiger partial charge in [0, 0.05) is 37.0 Å². The lowest BCUT2D eigenvalue weighted by molar-refractivity contribution is -0.134. The minimum atomic E-state index is -1.44. The molecule has 1 saturated heterocycles. The average molecular weight is 362 g/mol. The fourth-order valence-electron chi connectivity index (χ4n) is 3.53. The third-order valence-electron chi connectivity index (χ3n) is 5.04. The lowest BCUT2D eigenvalue weighted by atomic mass is 10.0. The number of β-amino-alcohol motifs (C(OH)–C–C–N with tert-alkyl or cyclic N) is 1. The molecule has 4 rings (SSSR count). The number of carbonyl (C=O) groups excluding carboxylic acids is 1. The molecule has 0 aliphatic carbocycles. The molecule has 2 aromatic carbocycles. The van der Waals surface area contributed by atoms with E-state index in [9.17, 15) is 9.90 Å². The fraction of sp³-hybridized carbons (Fsp3) is 0.238. The van der Waals surface area contributed by atoms with Crippen molar-refractivity contribution in [2.75, 3.05) is 13.1 Å². The maximum Gasteiger partial charge on any atom is 0.250 e. The van der Waals surface area contributed by atoms with Crippen LogP contribution in [0.25, 0.3) is 16.9 Å². The highest BCUT2D eigenvalue weighted by Crippen LogP contribution is 2.28. The van der Waals surface area contributed by atoms with Crippen LogP contribution in [0.3, 0.4) is 0 Å². The third-order valence-corrected chi connectivity index (χ3v) is 5.04. The number of likely N-dealkylation sites (tertiary alicyclic amines) is 1. The van der Waals surface area contributed by atoms with Crippen molar-refractivity contribution in [3.8, 4) is 16.9 Å². The van der Waals surface area contributed by atoms with E-state index in [4.69, 9.17) is 10.8 Å². The van der Waals surface area contributed by atoms with Gasteiger partial charge >= 0.3 is 0 Å². The zero-order valence-corrected chi connectivity index (χ0v) is 15.0. The van der Waals surface area contributed by atoms with Gasteiger partial charge in [-0.05, 0) is 18.6 Å². The number of aromatic nitrogens is 2. The number of para-hydroxylation sites is 1. The van der Waals surface area contributed by atoms with Crippen LogP contribution in [0.4, 0.5) is 0 Å². The molecule has 0 saturated carbocycles. The summed E-state index contributed by atoms with van der Waals surface area (Å²) < 4.78 is 1.87. The first-order valence-electron chi connectivity index (χ1n) is 8.99. The minimum absolute atomic E-state index is 0.243. The van der Waals surface area contributed by atoms with E-state index in [0.29, 0.717) is 19.5 Å². The van der Waals surface area contributed by atoms with Crippen molar-refractivity contribution in [3.05, 3.63) is 72.4 Å². The molecule has 3 N–H and O–H groups in total. The minimum Gasteiger partial charge on any atom is -0.379 e. The van der Waals surface area contributed by atoms with Crippen molar-refractivity contribution < 1.29 is 9.90 Å². The lowest BCUT2D eigenvalue weighted by Gasteiger charge is -2.19. The Labute approximate surface area is 157 Å². The highest BCUT2D eigenvalue weighted by atomic mass is 16.3. The van der Waals surface area contributed by atoms with Crippen molar-refractivity contribution in [2.24, 2.45) is 5.73 Å². The Kier molecular flexibility index (Phi) is 4.51. The molecule has 0 bridgehead atoms. The van der Waals surface area contributed by atoms with E-state index in [0.717, 1.165) is 22.5 Å². The smallest absolute Gasteiger partial charge is 0.250 e. The summed E-state index contributed by atoms with van der Waals surface area (Å²) in [6.07, 6.45) is 2.37. The van der Waals surface area contributed by atoms with Gasteiger partial charge < -0.3 is 10.8 Å². The van der Waals surface area contributed by atoms with Crippen LogP contribution in [-0.2, 0) is 11.3 Å². The van der Waals surface area contributed by atoms with Gasteiger partial charge in [-0.15, -0.1) is 0 Å². The molecular weight excluding hydrogens is 340 g/mol. The van der Waals surface area contributed by atoms with E-state index in [1.54, 1.807) is 0 Å². The number of nitrogens with zero attached hydrogens (tertiary/aromatic N) is 3. The monoisotopic (exact) mass is 362 g/mol. The van der Waals surface area contributed by atoms with E-state index in [1.807, 2.05) is 76.4 Å². The highest BCUT2D eigenvalue weighted by molar-refractivity contribution is 5.83. The van der Waals surface area contributed by atoms with E-state index in [1.165, 1.54) is 0 Å². The summed E-state index contributed by atoms with van der Waals surface area (Å²) in [4.78, 5) is 13.6. The van der Waals surface area contributed by atoms with Gasteiger partial charge in [0.15, 0.2) is 5.60 Å². The molecule has 0 spiro atoms. The second-order valence-electron chi connectivity index (χ2n) is 7.01. The number of primary amides is 1. The maximum absolute atomic E-state index is 11.5. The Hall–Kier alpha value is -2.96. The molecule has 6 heteroatoms. The Morgan fingerprint density at radius 1 is 1.11 bits per heavy atom. The van der Waals surface area contributed by atoms with E-state index >= 15 is 0 Å². The van der Waals surface area contributed by atoms with Crippen LogP contribution < -0.4 is 5.73 Å². The molecule has 27 heavy (non-hydrogen) atoms. The zero-order valence-electron chi connectivity index (χ0n) is 15.0. The number of hydrogen-bond acceptors (Lipinski definition) is 4. The van der Waals surface area contributed by atoms with E-state index < -0.39 is 11.5 Å². The van der Waals surface area contributed by atoms with Gasteiger partial charge in [0.05, 0.1) is 11.4 Å². The molecule has 1 amide bonds. The van der Waals surface area contributed by atoms with Crippen LogP contribution >= 0.6 is 0 Å². The van der Waals surface area contributed by atoms with Crippen LogP contribution in [0.2, 0.25) is 0 Å². The standard InChI is InChI=1S/C21H22N4O2/c22-20(26)21(27)11-12-24(15-21)13-17-14-25(18-9-5-2-6-10-18)23-19(17)16-7-3-1-4-8-16/h1-10,14,27H,11-13,15H2,(H2,22,26). The summed E-state index contributed by atoms with van der Waals surface area (Å²) in [7, 11) is 0. The van der Waals surface area contributed by atoms with Crippen molar-refractivity contribution in [3.63, 3.8) is 0 Å². The van der Waals surface area contributed by atoms with Crippen LogP contribution in [0, 0.1) is 0 Å². The first kappa shape index (κ1) is 17.5. The van der Waals surface area contributed by atoms with Crippen LogP contribution in [0.1, 0.15) is 12.0 Å². The number of aliphatic hydroxyl groups is 1. The average Bonchev–Trinajstić information content (AvgIpc) is 3.28. The summed E-state index contributed by atoms with van der Waals surface area (Å²) in [5.41, 5.74) is 7.87. The topological polar surface area (TPSA) is 84.4 Å². The highest BCUT2D eigenvalue weighted by Gasteiger charge is 2.41. The molecule has 3 aromatic rings. The van der Waals surface area contributed by atoms with Gasteiger partial charge in [-0.2, -0.15) is 5.10 Å². The second kappa shape index (κ2) is 6.98. The van der Waals surface area contributed by atoms with Gasteiger partial charge in [-0.1, -0.05) is 48.5 Å². The quantitative estimate of drug-likeness (QED) is 0.727. The Morgan fingerprint density at radius 3 is 2.41 bits per heavy atom. The van der Waals surface area contributed by atoms with Gasteiger partial charge in [0.25, 0.3) is 5.91 Å². The number of hydrogen-bond donors (Lipinski definition) is 2. The first-order valence-corrected chi connectivity index (χ1v) is 8.99. The third kappa shape index (κ3) is 3.49. The molecule has 138 valence electrons. The van der Waals surface area contributed by atoms with Crippen LogP contribution in [0.5, 0.6) is 0 Å². The Balaban J connectivity index is 1.67. The van der Waals surface area contributed by atoms with Crippen molar-refractivity contribution in [1.82, 2.24) is 14.7 Å². The molecule has 1 unspecified atom stereocenters. The SMILES string of the molecule is NC(=O)C1(O)CCN(Cc2cn(-c3ccccc3)nc2-c2ccccc2)C1. The summed E-state index contributed by atoms with van der Waals surface area (Å²) in [6, 6.07) is 20.0. The van der Waals surface area contributed by atoms with E-state index in [-0.39, 0.29) is 6.54 Å². The van der Waals surface area contributed by atoms with E-state index in [2.05, 4.69) is 0 Å². The van der Waals surface area contributed by atoms with Crippen LogP contribution in [0.15, 0.2) is 66.9 Å². The number of nitrogens with two attached hydrogens (primary N) is 1. The molecule has 1 fully saturated rings. The van der Waals surface area contributed by atoms with Crippen molar-refractivity contribution in [1.29, 1.82) is 0 Å².